The molecule has 130 valence electrons. The highest BCUT2D eigenvalue weighted by atomic mass is 35.5. The number of hydrogen-bond acceptors (Lipinski definition) is 4. The third kappa shape index (κ3) is 2.85. The van der Waals surface area contributed by atoms with Gasteiger partial charge in [-0.25, -0.2) is 9.37 Å². The van der Waals surface area contributed by atoms with E-state index in [2.05, 4.69) is 10.1 Å². The molecule has 1 aromatic carbocycles. The summed E-state index contributed by atoms with van der Waals surface area (Å²) >= 11 is 5.78. The van der Waals surface area contributed by atoms with Crippen LogP contribution in [0.5, 0.6) is 5.75 Å². The minimum absolute atomic E-state index is 0.108. The van der Waals surface area contributed by atoms with Crippen LogP contribution in [0.1, 0.15) is 24.4 Å². The molecule has 1 N–H and O–H groups in total. The van der Waals surface area contributed by atoms with Crippen LogP contribution >= 0.6 is 11.6 Å². The van der Waals surface area contributed by atoms with E-state index in [1.54, 1.807) is 13.0 Å². The van der Waals surface area contributed by atoms with Crippen molar-refractivity contribution in [2.75, 3.05) is 13.2 Å². The Bertz CT molecular complexity index is 951. The summed E-state index contributed by atoms with van der Waals surface area (Å²) in [5.74, 6) is -1.32. The van der Waals surface area contributed by atoms with E-state index in [1.807, 2.05) is 16.9 Å². The van der Waals surface area contributed by atoms with E-state index in [0.717, 1.165) is 31.4 Å². The molecule has 0 atom stereocenters. The van der Waals surface area contributed by atoms with Crippen LogP contribution in [0.4, 0.5) is 4.39 Å². The lowest BCUT2D eigenvalue weighted by Crippen LogP contribution is -2.19. The van der Waals surface area contributed by atoms with Gasteiger partial charge in [0.25, 0.3) is 0 Å². The topological polar surface area (TPSA) is 60.2 Å². The van der Waals surface area contributed by atoms with Gasteiger partial charge >= 0.3 is 0 Å². The molecule has 0 amide bonds. The molecular formula is C18H17ClFN3O2. The average molecular weight is 362 g/mol. The second kappa shape index (κ2) is 6.28. The van der Waals surface area contributed by atoms with Crippen LogP contribution in [0.3, 0.4) is 0 Å². The van der Waals surface area contributed by atoms with Gasteiger partial charge < -0.3 is 9.84 Å². The Morgan fingerprint density at radius 2 is 2.08 bits per heavy atom. The van der Waals surface area contributed by atoms with Gasteiger partial charge in [0.15, 0.2) is 17.2 Å². The Hall–Kier alpha value is -2.18. The zero-order valence-corrected chi connectivity index (χ0v) is 14.4. The number of benzene rings is 1. The summed E-state index contributed by atoms with van der Waals surface area (Å²) in [5, 5.41) is 15.5. The molecule has 2 aromatic heterocycles. The monoisotopic (exact) mass is 361 g/mol. The highest BCUT2D eigenvalue weighted by Crippen LogP contribution is 2.37. The lowest BCUT2D eigenvalue weighted by atomic mass is 10.0. The van der Waals surface area contributed by atoms with Crippen molar-refractivity contribution in [3.63, 3.8) is 0 Å². The summed E-state index contributed by atoms with van der Waals surface area (Å²) in [5.41, 5.74) is 2.03. The predicted octanol–water partition coefficient (Wildman–Crippen LogP) is 4.26. The van der Waals surface area contributed by atoms with Crippen molar-refractivity contribution >= 4 is 22.6 Å². The molecule has 3 aromatic rings. The Balaban J connectivity index is 1.78. The number of hydrogen-bond donors (Lipinski definition) is 1. The number of nitrogens with zero attached hydrogens (tertiary/aromatic N) is 3. The van der Waals surface area contributed by atoms with Gasteiger partial charge in [0.1, 0.15) is 0 Å². The summed E-state index contributed by atoms with van der Waals surface area (Å²) in [6.07, 6.45) is 3.81. The van der Waals surface area contributed by atoms with E-state index in [1.165, 1.54) is 6.07 Å². The molecule has 7 heteroatoms. The van der Waals surface area contributed by atoms with Crippen molar-refractivity contribution < 1.29 is 14.2 Å². The maximum absolute atomic E-state index is 14.0. The summed E-state index contributed by atoms with van der Waals surface area (Å²) in [6, 6.07) is 5.42. The molecule has 1 saturated heterocycles. The molecule has 1 aliphatic heterocycles. The van der Waals surface area contributed by atoms with E-state index in [4.69, 9.17) is 16.3 Å². The quantitative estimate of drug-likeness (QED) is 0.741. The van der Waals surface area contributed by atoms with Crippen molar-refractivity contribution in [1.29, 1.82) is 0 Å². The zero-order chi connectivity index (χ0) is 17.6. The van der Waals surface area contributed by atoms with E-state index in [9.17, 15) is 9.50 Å². The fraction of sp³-hybridized carbons (Fsp3) is 0.333. The van der Waals surface area contributed by atoms with Crippen molar-refractivity contribution in [3.8, 4) is 17.0 Å². The molecule has 4 rings (SSSR count). The Morgan fingerprint density at radius 3 is 2.84 bits per heavy atom. The number of aryl methyl sites for hydroxylation is 1. The van der Waals surface area contributed by atoms with Crippen molar-refractivity contribution in [2.45, 2.75) is 25.8 Å². The highest BCUT2D eigenvalue weighted by molar-refractivity contribution is 6.31. The summed E-state index contributed by atoms with van der Waals surface area (Å²) in [4.78, 5) is 4.52. The van der Waals surface area contributed by atoms with Crippen LogP contribution in [0, 0.1) is 12.7 Å². The minimum atomic E-state index is -0.836. The van der Waals surface area contributed by atoms with E-state index in [0.29, 0.717) is 28.5 Å². The fourth-order valence-electron chi connectivity index (χ4n) is 3.26. The van der Waals surface area contributed by atoms with Gasteiger partial charge in [0.05, 0.1) is 16.8 Å². The first-order valence-corrected chi connectivity index (χ1v) is 8.54. The number of aromatic nitrogens is 3. The molecule has 1 aliphatic rings. The Morgan fingerprint density at radius 1 is 1.32 bits per heavy atom. The van der Waals surface area contributed by atoms with Gasteiger partial charge in [-0.1, -0.05) is 11.6 Å². The molecule has 1 fully saturated rings. The van der Waals surface area contributed by atoms with E-state index in [-0.39, 0.29) is 5.02 Å². The van der Waals surface area contributed by atoms with Gasteiger partial charge in [-0.15, -0.1) is 0 Å². The molecule has 3 heterocycles. The lowest BCUT2D eigenvalue weighted by Gasteiger charge is -2.21. The number of aromatic hydroxyl groups is 1. The lowest BCUT2D eigenvalue weighted by molar-refractivity contribution is 0.0664. The van der Waals surface area contributed by atoms with Crippen LogP contribution in [-0.2, 0) is 4.74 Å². The predicted molar refractivity (Wildman–Crippen MR) is 93.4 cm³/mol. The molecule has 0 saturated carbocycles. The number of phenols is 1. The van der Waals surface area contributed by atoms with Crippen LogP contribution in [0.25, 0.3) is 22.3 Å². The number of ether oxygens (including phenoxy) is 1. The molecule has 5 nitrogen and oxygen atoms in total. The van der Waals surface area contributed by atoms with Crippen molar-refractivity contribution in [1.82, 2.24) is 14.8 Å². The molecule has 0 bridgehead atoms. The van der Waals surface area contributed by atoms with Crippen LogP contribution in [-0.4, -0.2) is 33.1 Å². The zero-order valence-electron chi connectivity index (χ0n) is 13.7. The number of rotatable bonds is 2. The Labute approximate surface area is 149 Å². The maximum Gasteiger partial charge on any atom is 0.184 e. The molecule has 0 radical (unpaired) electrons. The van der Waals surface area contributed by atoms with Crippen molar-refractivity contribution in [2.24, 2.45) is 0 Å². The summed E-state index contributed by atoms with van der Waals surface area (Å²) < 4.78 is 21.3. The SMILES string of the molecule is Cc1cc(Cl)c(F)c(O)c1-c1ccc2cn(C3CCOCC3)nc2n1. The minimum Gasteiger partial charge on any atom is -0.504 e. The standard InChI is InChI=1S/C18H17ClFN3O2/c1-10-8-13(19)16(20)17(24)15(10)14-3-2-11-9-23(22-18(11)21-14)12-4-6-25-7-5-12/h2-3,8-9,12,24H,4-7H2,1H3. The highest BCUT2D eigenvalue weighted by Gasteiger charge is 2.20. The second-order valence-corrected chi connectivity index (χ2v) is 6.68. The summed E-state index contributed by atoms with van der Waals surface area (Å²) in [6.45, 7) is 3.22. The van der Waals surface area contributed by atoms with Crippen LogP contribution < -0.4 is 0 Å². The number of phenolic OH excluding ortho intramolecular Hbond substituents is 1. The first-order valence-electron chi connectivity index (χ1n) is 8.16. The Kier molecular flexibility index (Phi) is 4.09. The van der Waals surface area contributed by atoms with Gasteiger partial charge in [-0.3, -0.25) is 4.68 Å². The van der Waals surface area contributed by atoms with Crippen molar-refractivity contribution in [3.05, 3.63) is 40.8 Å². The smallest absolute Gasteiger partial charge is 0.184 e. The first kappa shape index (κ1) is 16.3. The molecular weight excluding hydrogens is 345 g/mol. The third-order valence-corrected chi connectivity index (χ3v) is 4.87. The molecule has 0 spiro atoms. The van der Waals surface area contributed by atoms with E-state index >= 15 is 0 Å². The van der Waals surface area contributed by atoms with Gasteiger partial charge in [0.2, 0.25) is 0 Å². The number of halogens is 2. The normalized spacial score (nSPS) is 15.8. The van der Waals surface area contributed by atoms with Gasteiger partial charge in [-0.2, -0.15) is 5.10 Å². The molecule has 0 unspecified atom stereocenters. The average Bonchev–Trinajstić information content (AvgIpc) is 3.04. The van der Waals surface area contributed by atoms with Gasteiger partial charge in [-0.05, 0) is 43.5 Å². The first-order chi connectivity index (χ1) is 12.0. The maximum atomic E-state index is 14.0. The third-order valence-electron chi connectivity index (χ3n) is 4.60. The molecule has 25 heavy (non-hydrogen) atoms. The van der Waals surface area contributed by atoms with Crippen LogP contribution in [0.15, 0.2) is 24.4 Å². The number of fused-ring (bicyclic) bond motifs is 1. The summed E-state index contributed by atoms with van der Waals surface area (Å²) in [7, 11) is 0. The van der Waals surface area contributed by atoms with Gasteiger partial charge in [0, 0.05) is 30.4 Å². The number of pyridine rings is 1. The fourth-order valence-corrected chi connectivity index (χ4v) is 3.51. The molecule has 0 aliphatic carbocycles. The van der Waals surface area contributed by atoms with Crippen LogP contribution in [0.2, 0.25) is 5.02 Å². The van der Waals surface area contributed by atoms with E-state index < -0.39 is 11.6 Å². The second-order valence-electron chi connectivity index (χ2n) is 6.27. The largest absolute Gasteiger partial charge is 0.504 e.